The Morgan fingerprint density at radius 3 is 2.31 bits per heavy atom. The predicted octanol–water partition coefficient (Wildman–Crippen LogP) is 4.59. The number of rotatable bonds is 2. The van der Waals surface area contributed by atoms with E-state index in [-0.39, 0.29) is 10.9 Å². The van der Waals surface area contributed by atoms with Crippen LogP contribution in [0.1, 0.15) is 23.4 Å². The zero-order chi connectivity index (χ0) is 12.5. The van der Waals surface area contributed by atoms with Crippen molar-refractivity contribution in [2.45, 2.75) is 17.9 Å². The average Bonchev–Trinajstić information content (AvgIpc) is 2.14. The van der Waals surface area contributed by atoms with Gasteiger partial charge < -0.3 is 0 Å². The van der Waals surface area contributed by atoms with Crippen LogP contribution in [0.3, 0.4) is 0 Å². The summed E-state index contributed by atoms with van der Waals surface area (Å²) in [7, 11) is 0. The minimum absolute atomic E-state index is 0.169. The van der Waals surface area contributed by atoms with Crippen LogP contribution in [0.5, 0.6) is 0 Å². The van der Waals surface area contributed by atoms with Gasteiger partial charge in [0.2, 0.25) is 0 Å². The molecular weight excluding hydrogens is 320 g/mol. The fourth-order valence-electron chi connectivity index (χ4n) is 1.04. The van der Waals surface area contributed by atoms with Gasteiger partial charge in [-0.25, -0.2) is 13.8 Å². The van der Waals surface area contributed by atoms with Crippen LogP contribution in [0.2, 0.25) is 5.02 Å². The molecule has 1 rings (SSSR count). The normalized spacial score (nSPS) is 12.2. The molecule has 0 aliphatic heterocycles. The highest BCUT2D eigenvalue weighted by Crippen LogP contribution is 2.35. The Labute approximate surface area is 101 Å². The van der Waals surface area contributed by atoms with Gasteiger partial charge in [0.25, 0.3) is 6.43 Å². The molecule has 0 bridgehead atoms. The molecular formula is C8H4BrClF5N. The second kappa shape index (κ2) is 4.83. The van der Waals surface area contributed by atoms with Crippen molar-refractivity contribution in [3.05, 3.63) is 28.0 Å². The maximum Gasteiger partial charge on any atom is 0.433 e. The highest BCUT2D eigenvalue weighted by molar-refractivity contribution is 9.08. The van der Waals surface area contributed by atoms with E-state index in [1.807, 2.05) is 0 Å². The molecule has 16 heavy (non-hydrogen) atoms. The molecule has 0 aliphatic rings. The van der Waals surface area contributed by atoms with Gasteiger partial charge in [-0.15, -0.1) is 0 Å². The minimum atomic E-state index is -4.78. The summed E-state index contributed by atoms with van der Waals surface area (Å²) in [5.41, 5.74) is -2.68. The van der Waals surface area contributed by atoms with Crippen LogP contribution >= 0.6 is 27.5 Å². The lowest BCUT2D eigenvalue weighted by Crippen LogP contribution is -2.13. The van der Waals surface area contributed by atoms with Crippen molar-refractivity contribution in [2.75, 3.05) is 0 Å². The van der Waals surface area contributed by atoms with E-state index in [2.05, 4.69) is 20.9 Å². The van der Waals surface area contributed by atoms with Crippen molar-refractivity contribution in [3.63, 3.8) is 0 Å². The molecule has 0 aliphatic carbocycles. The third-order valence-electron chi connectivity index (χ3n) is 1.70. The Bertz CT molecular complexity index is 393. The van der Waals surface area contributed by atoms with E-state index in [9.17, 15) is 22.0 Å². The van der Waals surface area contributed by atoms with E-state index < -0.39 is 29.0 Å². The van der Waals surface area contributed by atoms with Gasteiger partial charge in [-0.3, -0.25) is 0 Å². The van der Waals surface area contributed by atoms with E-state index in [1.54, 1.807) is 0 Å². The maximum absolute atomic E-state index is 12.4. The smallest absolute Gasteiger partial charge is 0.240 e. The molecule has 0 unspecified atom stereocenters. The van der Waals surface area contributed by atoms with Crippen molar-refractivity contribution in [2.24, 2.45) is 0 Å². The fraction of sp³-hybridized carbons (Fsp3) is 0.375. The predicted molar refractivity (Wildman–Crippen MR) is 51.8 cm³/mol. The second-order valence-electron chi connectivity index (χ2n) is 2.80. The Hall–Kier alpha value is -0.430. The third-order valence-corrected chi connectivity index (χ3v) is 2.61. The maximum atomic E-state index is 12.4. The highest BCUT2D eigenvalue weighted by Gasteiger charge is 2.36. The van der Waals surface area contributed by atoms with Crippen molar-refractivity contribution < 1.29 is 22.0 Å². The van der Waals surface area contributed by atoms with Crippen molar-refractivity contribution >= 4 is 27.5 Å². The number of hydrogen-bond acceptors (Lipinski definition) is 1. The van der Waals surface area contributed by atoms with Crippen LogP contribution < -0.4 is 0 Å². The van der Waals surface area contributed by atoms with Crippen molar-refractivity contribution in [1.82, 2.24) is 4.98 Å². The van der Waals surface area contributed by atoms with Crippen LogP contribution in [0.15, 0.2) is 6.07 Å². The Morgan fingerprint density at radius 2 is 1.94 bits per heavy atom. The lowest BCUT2D eigenvalue weighted by Gasteiger charge is -2.13. The molecule has 0 atom stereocenters. The summed E-state index contributed by atoms with van der Waals surface area (Å²) in [4.78, 5) is 2.88. The SMILES string of the molecule is FC(F)c1nc(C(F)(F)F)c(CBr)cc1Cl. The first kappa shape index (κ1) is 13.6. The van der Waals surface area contributed by atoms with Gasteiger partial charge in [-0.1, -0.05) is 27.5 Å². The molecule has 1 nitrogen and oxygen atoms in total. The van der Waals surface area contributed by atoms with Crippen LogP contribution in [0.25, 0.3) is 0 Å². The first-order valence-corrected chi connectivity index (χ1v) is 5.38. The van der Waals surface area contributed by atoms with Crippen molar-refractivity contribution in [3.8, 4) is 0 Å². The zero-order valence-electron chi connectivity index (χ0n) is 7.45. The first-order chi connectivity index (χ1) is 7.27. The van der Waals surface area contributed by atoms with Gasteiger partial charge in [0, 0.05) is 5.33 Å². The Morgan fingerprint density at radius 1 is 1.38 bits per heavy atom. The summed E-state index contributed by atoms with van der Waals surface area (Å²) < 4.78 is 61.9. The lowest BCUT2D eigenvalue weighted by molar-refractivity contribution is -0.141. The van der Waals surface area contributed by atoms with E-state index in [1.165, 1.54) is 0 Å². The number of hydrogen-bond donors (Lipinski definition) is 0. The molecule has 0 fully saturated rings. The van der Waals surface area contributed by atoms with E-state index >= 15 is 0 Å². The summed E-state index contributed by atoms with van der Waals surface area (Å²) in [5.74, 6) is 0. The zero-order valence-corrected chi connectivity index (χ0v) is 9.80. The van der Waals surface area contributed by atoms with Crippen LogP contribution in [-0.4, -0.2) is 4.98 Å². The molecule has 0 N–H and O–H groups in total. The van der Waals surface area contributed by atoms with Crippen LogP contribution in [0.4, 0.5) is 22.0 Å². The molecule has 90 valence electrons. The molecule has 0 saturated carbocycles. The van der Waals surface area contributed by atoms with Gasteiger partial charge in [0.1, 0.15) is 11.4 Å². The largest absolute Gasteiger partial charge is 0.433 e. The van der Waals surface area contributed by atoms with Gasteiger partial charge in [-0.05, 0) is 11.6 Å². The van der Waals surface area contributed by atoms with E-state index in [0.29, 0.717) is 0 Å². The van der Waals surface area contributed by atoms with Gasteiger partial charge in [-0.2, -0.15) is 13.2 Å². The number of alkyl halides is 6. The van der Waals surface area contributed by atoms with Gasteiger partial charge in [0.05, 0.1) is 5.02 Å². The molecule has 1 aromatic heterocycles. The molecule has 1 heterocycles. The molecule has 0 amide bonds. The molecule has 1 aromatic rings. The topological polar surface area (TPSA) is 12.9 Å². The Kier molecular flexibility index (Phi) is 4.12. The monoisotopic (exact) mass is 323 g/mol. The van der Waals surface area contributed by atoms with E-state index in [4.69, 9.17) is 11.6 Å². The molecule has 0 aromatic carbocycles. The van der Waals surface area contributed by atoms with Crippen molar-refractivity contribution in [1.29, 1.82) is 0 Å². The molecule has 0 spiro atoms. The lowest BCUT2D eigenvalue weighted by atomic mass is 10.2. The standard InChI is InChI=1S/C8H4BrClF5N/c9-2-3-1-4(10)5(7(11)12)16-6(3)8(13,14)15/h1,7H,2H2. The Balaban J connectivity index is 3.41. The fourth-order valence-corrected chi connectivity index (χ4v) is 1.73. The number of nitrogens with zero attached hydrogens (tertiary/aromatic N) is 1. The molecule has 0 radical (unpaired) electrons. The summed E-state index contributed by atoms with van der Waals surface area (Å²) in [6.07, 6.45) is -7.92. The molecule has 0 saturated heterocycles. The number of halogens is 7. The second-order valence-corrected chi connectivity index (χ2v) is 3.76. The summed E-state index contributed by atoms with van der Waals surface area (Å²) in [5, 5.41) is -0.643. The molecule has 8 heteroatoms. The van der Waals surface area contributed by atoms with Gasteiger partial charge >= 0.3 is 6.18 Å². The van der Waals surface area contributed by atoms with Crippen LogP contribution in [-0.2, 0) is 11.5 Å². The quantitative estimate of drug-likeness (QED) is 0.573. The number of pyridine rings is 1. The first-order valence-electron chi connectivity index (χ1n) is 3.88. The van der Waals surface area contributed by atoms with E-state index in [0.717, 1.165) is 6.07 Å². The number of aromatic nitrogens is 1. The van der Waals surface area contributed by atoms with Crippen LogP contribution in [0, 0.1) is 0 Å². The summed E-state index contributed by atoms with van der Waals surface area (Å²) in [6.45, 7) is 0. The summed E-state index contributed by atoms with van der Waals surface area (Å²) >= 11 is 8.20. The average molecular weight is 324 g/mol. The minimum Gasteiger partial charge on any atom is -0.240 e. The third kappa shape index (κ3) is 2.82. The highest BCUT2D eigenvalue weighted by atomic mass is 79.9. The summed E-state index contributed by atoms with van der Waals surface area (Å²) in [6, 6.07) is 0.841. The van der Waals surface area contributed by atoms with Gasteiger partial charge in [0.15, 0.2) is 0 Å².